The van der Waals surface area contributed by atoms with Gasteiger partial charge in [-0.2, -0.15) is 0 Å². The third-order valence-corrected chi connectivity index (χ3v) is 22.0. The van der Waals surface area contributed by atoms with E-state index in [2.05, 4.69) is 108 Å². The molecular weight excluding hydrogens is 352 g/mol. The van der Waals surface area contributed by atoms with Gasteiger partial charge in [-0.25, -0.2) is 0 Å². The maximum Gasteiger partial charge on any atom is 0.221 e. The lowest BCUT2D eigenvalue weighted by Crippen LogP contribution is -2.77. The van der Waals surface area contributed by atoms with Crippen molar-refractivity contribution >= 4 is 24.7 Å². The molecule has 2 atom stereocenters. The first kappa shape index (κ1) is 23.4. The van der Waals surface area contributed by atoms with Crippen molar-refractivity contribution in [3.05, 3.63) is 11.3 Å². The molecule has 0 aromatic heterocycles. The van der Waals surface area contributed by atoms with Gasteiger partial charge in [0.2, 0.25) is 8.32 Å². The maximum atomic E-state index is 7.48. The van der Waals surface area contributed by atoms with E-state index < -0.39 is 24.7 Å². The third kappa shape index (κ3) is 3.45. The van der Waals surface area contributed by atoms with Crippen LogP contribution < -0.4 is 0 Å². The van der Waals surface area contributed by atoms with Crippen LogP contribution in [0.25, 0.3) is 0 Å². The predicted octanol–water partition coefficient (Wildman–Crippen LogP) is 7.77. The number of hydrogen-bond donors (Lipinski definition) is 0. The van der Waals surface area contributed by atoms with E-state index in [1.54, 1.807) is 5.20 Å². The fourth-order valence-electron chi connectivity index (χ4n) is 5.66. The summed E-state index contributed by atoms with van der Waals surface area (Å²) in [5, 5.41) is 1.87. The highest BCUT2D eigenvalue weighted by Crippen LogP contribution is 2.76. The number of hydrogen-bond acceptors (Lipinski definition) is 1. The molecule has 148 valence electrons. The highest BCUT2D eigenvalue weighted by Gasteiger charge is 2.77. The fourth-order valence-corrected chi connectivity index (χ4v) is 25.9. The first-order valence-corrected chi connectivity index (χ1v) is 18.8. The normalized spacial score (nSPS) is 29.3. The average Bonchev–Trinajstić information content (AvgIpc) is 2.14. The van der Waals surface area contributed by atoms with Crippen LogP contribution in [0.5, 0.6) is 0 Å². The standard InChI is InChI=1S/C21H46OSi3/c1-18(2,3)17-16-21(19(4,5)6,23(10,11)12)25(17,20(7,8)9)22-24(13,14)15/h16H,1-15H3/t21-,25+/m1/s1. The second-order valence-corrected chi connectivity index (χ2v) is 28.3. The molecule has 0 unspecified atom stereocenters. The van der Waals surface area contributed by atoms with Gasteiger partial charge < -0.3 is 4.12 Å². The summed E-state index contributed by atoms with van der Waals surface area (Å²) in [5.74, 6) is 0. The summed E-state index contributed by atoms with van der Waals surface area (Å²) in [6.45, 7) is 36.9. The lowest BCUT2D eigenvalue weighted by atomic mass is 9.86. The van der Waals surface area contributed by atoms with Gasteiger partial charge in [-0.05, 0) is 35.5 Å². The van der Waals surface area contributed by atoms with E-state index in [9.17, 15) is 0 Å². The number of rotatable bonds is 3. The van der Waals surface area contributed by atoms with E-state index in [0.29, 0.717) is 0 Å². The fraction of sp³-hybridized carbons (Fsp3) is 0.905. The van der Waals surface area contributed by atoms with Gasteiger partial charge in [-0.15, -0.1) is 0 Å². The van der Waals surface area contributed by atoms with Crippen LogP contribution in [-0.2, 0) is 4.12 Å². The van der Waals surface area contributed by atoms with Crippen LogP contribution in [-0.4, -0.2) is 24.7 Å². The molecule has 0 bridgehead atoms. The Bertz CT molecular complexity index is 528. The molecule has 1 aliphatic heterocycles. The molecule has 4 heteroatoms. The van der Waals surface area contributed by atoms with Gasteiger partial charge in [0.15, 0.2) is 8.32 Å². The van der Waals surface area contributed by atoms with Crippen LogP contribution in [0.4, 0.5) is 0 Å². The average molecular weight is 399 g/mol. The summed E-state index contributed by atoms with van der Waals surface area (Å²) in [6, 6.07) is 0. The largest absolute Gasteiger partial charge is 0.452 e. The van der Waals surface area contributed by atoms with Gasteiger partial charge >= 0.3 is 0 Å². The van der Waals surface area contributed by atoms with E-state index in [4.69, 9.17) is 4.12 Å². The van der Waals surface area contributed by atoms with E-state index in [1.165, 1.54) is 0 Å². The number of allylic oxidation sites excluding steroid dienone is 2. The lowest BCUT2D eigenvalue weighted by molar-refractivity contribution is 0.288. The van der Waals surface area contributed by atoms with Crippen molar-refractivity contribution in [2.45, 2.75) is 111 Å². The molecular formula is C21H46OSi3. The molecule has 1 aliphatic rings. The second kappa shape index (κ2) is 5.92. The van der Waals surface area contributed by atoms with Crippen molar-refractivity contribution in [2.75, 3.05) is 0 Å². The van der Waals surface area contributed by atoms with Gasteiger partial charge in [-0.1, -0.05) is 93.2 Å². The smallest absolute Gasteiger partial charge is 0.221 e. The van der Waals surface area contributed by atoms with Crippen LogP contribution in [0.2, 0.25) is 49.0 Å². The molecule has 0 amide bonds. The second-order valence-electron chi connectivity index (χ2n) is 13.3. The molecule has 0 aromatic carbocycles. The molecule has 1 heterocycles. The summed E-state index contributed by atoms with van der Waals surface area (Å²) >= 11 is 0. The molecule has 0 saturated heterocycles. The maximum absolute atomic E-state index is 7.48. The highest BCUT2D eigenvalue weighted by molar-refractivity contribution is 7.08. The molecule has 1 nitrogen and oxygen atoms in total. The first-order chi connectivity index (χ1) is 10.5. The first-order valence-electron chi connectivity index (χ1n) is 9.99. The van der Waals surface area contributed by atoms with Crippen LogP contribution in [0.15, 0.2) is 11.3 Å². The van der Waals surface area contributed by atoms with Gasteiger partial charge in [0.25, 0.3) is 0 Å². The van der Waals surface area contributed by atoms with Crippen molar-refractivity contribution < 1.29 is 4.12 Å². The Morgan fingerprint density at radius 3 is 1.40 bits per heavy atom. The SMILES string of the molecule is CC(C)(C)C1=C[C@@](C(C)(C)C)([Si](C)(C)C)[Si@@]1(O[Si](C)(C)C)C(C)(C)C. The molecule has 0 saturated carbocycles. The lowest BCUT2D eigenvalue weighted by Gasteiger charge is -2.73. The quantitative estimate of drug-likeness (QED) is 0.441. The Morgan fingerprint density at radius 1 is 0.800 bits per heavy atom. The van der Waals surface area contributed by atoms with Crippen LogP contribution in [0.1, 0.15) is 62.3 Å². The Kier molecular flexibility index (Phi) is 5.54. The molecule has 0 spiro atoms. The Morgan fingerprint density at radius 2 is 1.20 bits per heavy atom. The van der Waals surface area contributed by atoms with E-state index in [1.807, 2.05) is 0 Å². The summed E-state index contributed by atoms with van der Waals surface area (Å²) in [5.41, 5.74) is 0.416. The third-order valence-electron chi connectivity index (χ3n) is 5.98. The predicted molar refractivity (Wildman–Crippen MR) is 123 cm³/mol. The Hall–Kier alpha value is 0.351. The van der Waals surface area contributed by atoms with Crippen LogP contribution in [0, 0.1) is 10.8 Å². The van der Waals surface area contributed by atoms with Gasteiger partial charge in [-0.3, -0.25) is 0 Å². The zero-order valence-electron chi connectivity index (χ0n) is 20.0. The summed E-state index contributed by atoms with van der Waals surface area (Å²) in [7, 11) is -5.45. The van der Waals surface area contributed by atoms with Crippen molar-refractivity contribution in [1.29, 1.82) is 0 Å². The molecule has 0 fully saturated rings. The molecule has 0 radical (unpaired) electrons. The van der Waals surface area contributed by atoms with Gasteiger partial charge in [0.05, 0.1) is 8.07 Å². The minimum absolute atomic E-state index is 0.188. The van der Waals surface area contributed by atoms with Gasteiger partial charge in [0, 0.05) is 4.66 Å². The van der Waals surface area contributed by atoms with Crippen LogP contribution >= 0.6 is 0 Å². The van der Waals surface area contributed by atoms with E-state index in [-0.39, 0.29) is 20.5 Å². The molecule has 25 heavy (non-hydrogen) atoms. The van der Waals surface area contributed by atoms with E-state index >= 15 is 0 Å². The Balaban J connectivity index is 4.04. The molecule has 0 N–H and O–H groups in total. The topological polar surface area (TPSA) is 9.23 Å². The Labute approximate surface area is 162 Å². The van der Waals surface area contributed by atoms with Crippen molar-refractivity contribution in [2.24, 2.45) is 10.8 Å². The molecule has 0 aromatic rings. The zero-order chi connectivity index (χ0) is 20.5. The van der Waals surface area contributed by atoms with Crippen molar-refractivity contribution in [3.63, 3.8) is 0 Å². The zero-order valence-corrected chi connectivity index (χ0v) is 23.0. The molecule has 0 aliphatic carbocycles. The molecule has 1 rings (SSSR count). The van der Waals surface area contributed by atoms with Crippen LogP contribution in [0.3, 0.4) is 0 Å². The summed E-state index contributed by atoms with van der Waals surface area (Å²) in [6.07, 6.45) is 2.73. The van der Waals surface area contributed by atoms with E-state index in [0.717, 1.165) is 0 Å². The minimum atomic E-state index is -2.21. The van der Waals surface area contributed by atoms with Crippen molar-refractivity contribution in [1.82, 2.24) is 0 Å². The monoisotopic (exact) mass is 398 g/mol. The highest BCUT2D eigenvalue weighted by atomic mass is 28.5. The summed E-state index contributed by atoms with van der Waals surface area (Å²) < 4.78 is 7.74. The minimum Gasteiger partial charge on any atom is -0.452 e. The van der Waals surface area contributed by atoms with Crippen molar-refractivity contribution in [3.8, 4) is 0 Å². The summed E-state index contributed by atoms with van der Waals surface area (Å²) in [4.78, 5) is 0. The van der Waals surface area contributed by atoms with Gasteiger partial charge in [0.1, 0.15) is 0 Å².